The standard InChI is InChI=1S/C16H22ClN5O/c1-3-22(4-2)9-8-19-16(18)21-15(23)14-10-11-12(17)6-5-7-13(11)20-14/h5-7,10,20H,3-4,8-9H2,1-2H3,(H3,18,19,21,23). The number of nitrogens with one attached hydrogen (secondary N) is 2. The lowest BCUT2D eigenvalue weighted by Gasteiger charge is -2.16. The zero-order chi connectivity index (χ0) is 16.8. The fourth-order valence-electron chi connectivity index (χ4n) is 2.32. The number of likely N-dealkylation sites (N-methyl/N-ethyl adjacent to an activating group) is 1. The Hall–Kier alpha value is -2.05. The van der Waals surface area contributed by atoms with Gasteiger partial charge in [0, 0.05) is 22.5 Å². The lowest BCUT2D eigenvalue weighted by Crippen LogP contribution is -2.37. The van der Waals surface area contributed by atoms with Crippen LogP contribution in [0.5, 0.6) is 0 Å². The van der Waals surface area contributed by atoms with E-state index in [0.717, 1.165) is 30.5 Å². The molecule has 0 unspecified atom stereocenters. The maximum absolute atomic E-state index is 12.2. The summed E-state index contributed by atoms with van der Waals surface area (Å²) >= 11 is 6.10. The molecule has 0 bridgehead atoms. The fourth-order valence-corrected chi connectivity index (χ4v) is 2.54. The average molecular weight is 336 g/mol. The second-order valence-corrected chi connectivity index (χ2v) is 5.54. The number of aliphatic imine (C=N–C) groups is 1. The van der Waals surface area contributed by atoms with Gasteiger partial charge >= 0.3 is 0 Å². The number of benzene rings is 1. The van der Waals surface area contributed by atoms with Crippen LogP contribution < -0.4 is 11.1 Å². The van der Waals surface area contributed by atoms with Crippen molar-refractivity contribution in [1.82, 2.24) is 15.2 Å². The molecule has 0 saturated heterocycles. The Morgan fingerprint density at radius 3 is 2.78 bits per heavy atom. The number of hydrogen-bond acceptors (Lipinski definition) is 3. The van der Waals surface area contributed by atoms with E-state index >= 15 is 0 Å². The van der Waals surface area contributed by atoms with Gasteiger partial charge in [-0.1, -0.05) is 31.5 Å². The van der Waals surface area contributed by atoms with Crippen molar-refractivity contribution in [3.63, 3.8) is 0 Å². The van der Waals surface area contributed by atoms with Gasteiger partial charge in [-0.05, 0) is 31.3 Å². The first-order valence-corrected chi connectivity index (χ1v) is 8.03. The van der Waals surface area contributed by atoms with Crippen molar-refractivity contribution < 1.29 is 4.79 Å². The molecule has 6 nitrogen and oxygen atoms in total. The van der Waals surface area contributed by atoms with Crippen LogP contribution in [0.2, 0.25) is 5.02 Å². The molecule has 0 radical (unpaired) electrons. The minimum absolute atomic E-state index is 0.118. The van der Waals surface area contributed by atoms with E-state index in [1.54, 1.807) is 12.1 Å². The number of H-pyrrole nitrogens is 1. The summed E-state index contributed by atoms with van der Waals surface area (Å²) in [6.45, 7) is 7.48. The van der Waals surface area contributed by atoms with Crippen molar-refractivity contribution in [2.75, 3.05) is 26.2 Å². The predicted octanol–water partition coefficient (Wildman–Crippen LogP) is 2.21. The Balaban J connectivity index is 1.98. The van der Waals surface area contributed by atoms with Crippen LogP contribution in [0.1, 0.15) is 24.3 Å². The molecule has 1 heterocycles. The van der Waals surface area contributed by atoms with E-state index in [1.807, 2.05) is 12.1 Å². The fraction of sp³-hybridized carbons (Fsp3) is 0.375. The number of carbonyl (C=O) groups is 1. The molecule has 4 N–H and O–H groups in total. The zero-order valence-corrected chi connectivity index (χ0v) is 14.2. The summed E-state index contributed by atoms with van der Waals surface area (Å²) in [4.78, 5) is 21.6. The molecule has 7 heteroatoms. The molecule has 1 aromatic carbocycles. The summed E-state index contributed by atoms with van der Waals surface area (Å²) in [5, 5.41) is 3.98. The summed E-state index contributed by atoms with van der Waals surface area (Å²) in [6.07, 6.45) is 0. The molecule has 0 atom stereocenters. The number of fused-ring (bicyclic) bond motifs is 1. The van der Waals surface area contributed by atoms with Crippen LogP contribution in [0.4, 0.5) is 0 Å². The molecular formula is C16H22ClN5O. The number of nitrogens with two attached hydrogens (primary N) is 1. The van der Waals surface area contributed by atoms with Gasteiger partial charge < -0.3 is 15.6 Å². The first-order chi connectivity index (χ1) is 11.0. The largest absolute Gasteiger partial charge is 0.370 e. The van der Waals surface area contributed by atoms with Gasteiger partial charge in [-0.15, -0.1) is 0 Å². The van der Waals surface area contributed by atoms with Crippen molar-refractivity contribution in [3.8, 4) is 0 Å². The zero-order valence-electron chi connectivity index (χ0n) is 13.4. The van der Waals surface area contributed by atoms with Crippen molar-refractivity contribution in [1.29, 1.82) is 0 Å². The maximum atomic E-state index is 12.2. The molecule has 0 aliphatic rings. The van der Waals surface area contributed by atoms with Crippen LogP contribution in [0.3, 0.4) is 0 Å². The lowest BCUT2D eigenvalue weighted by atomic mass is 10.2. The van der Waals surface area contributed by atoms with Crippen molar-refractivity contribution in [2.24, 2.45) is 10.7 Å². The number of rotatable bonds is 6. The molecule has 2 aromatic rings. The maximum Gasteiger partial charge on any atom is 0.274 e. The Labute approximate surface area is 140 Å². The average Bonchev–Trinajstić information content (AvgIpc) is 2.97. The minimum atomic E-state index is -0.332. The number of halogens is 1. The molecule has 0 aliphatic carbocycles. The molecule has 0 saturated carbocycles. The van der Waals surface area contributed by atoms with Crippen LogP contribution in [0.15, 0.2) is 29.3 Å². The monoisotopic (exact) mass is 335 g/mol. The van der Waals surface area contributed by atoms with E-state index in [1.165, 1.54) is 0 Å². The number of guanidine groups is 1. The van der Waals surface area contributed by atoms with Crippen LogP contribution in [-0.2, 0) is 0 Å². The summed E-state index contributed by atoms with van der Waals surface area (Å²) < 4.78 is 0. The van der Waals surface area contributed by atoms with Gasteiger partial charge in [0.1, 0.15) is 5.69 Å². The first kappa shape index (κ1) is 17.3. The van der Waals surface area contributed by atoms with Gasteiger partial charge in [0.2, 0.25) is 0 Å². The van der Waals surface area contributed by atoms with Gasteiger partial charge in [0.15, 0.2) is 5.96 Å². The number of carbonyl (C=O) groups excluding carboxylic acids is 1. The third-order valence-corrected chi connectivity index (χ3v) is 4.02. The molecule has 0 spiro atoms. The highest BCUT2D eigenvalue weighted by Crippen LogP contribution is 2.23. The SMILES string of the molecule is CCN(CC)CCN=C(N)NC(=O)c1cc2c(Cl)cccc2[nH]1. The summed E-state index contributed by atoms with van der Waals surface area (Å²) in [7, 11) is 0. The molecular weight excluding hydrogens is 314 g/mol. The van der Waals surface area contributed by atoms with Gasteiger partial charge in [-0.25, -0.2) is 0 Å². The normalized spacial score (nSPS) is 12.1. The van der Waals surface area contributed by atoms with Crippen molar-refractivity contribution >= 4 is 34.4 Å². The van der Waals surface area contributed by atoms with Crippen LogP contribution >= 0.6 is 11.6 Å². The van der Waals surface area contributed by atoms with E-state index in [9.17, 15) is 4.79 Å². The highest BCUT2D eigenvalue weighted by atomic mass is 35.5. The third kappa shape index (κ3) is 4.46. The van der Waals surface area contributed by atoms with Crippen molar-refractivity contribution in [2.45, 2.75) is 13.8 Å². The Kier molecular flexibility index (Phi) is 6.01. The van der Waals surface area contributed by atoms with Crippen LogP contribution in [0.25, 0.3) is 10.9 Å². The molecule has 0 fully saturated rings. The second-order valence-electron chi connectivity index (χ2n) is 5.13. The van der Waals surface area contributed by atoms with E-state index in [0.29, 0.717) is 17.3 Å². The third-order valence-electron chi connectivity index (χ3n) is 3.69. The Morgan fingerprint density at radius 2 is 2.13 bits per heavy atom. The number of aromatic amines is 1. The van der Waals surface area contributed by atoms with Gasteiger partial charge in [-0.3, -0.25) is 15.1 Å². The smallest absolute Gasteiger partial charge is 0.274 e. The molecule has 124 valence electrons. The molecule has 0 aliphatic heterocycles. The van der Waals surface area contributed by atoms with E-state index < -0.39 is 0 Å². The molecule has 2 rings (SSSR count). The number of amides is 1. The number of aromatic nitrogens is 1. The van der Waals surface area contributed by atoms with Gasteiger partial charge in [0.05, 0.1) is 6.54 Å². The molecule has 1 amide bonds. The van der Waals surface area contributed by atoms with Gasteiger partial charge in [-0.2, -0.15) is 0 Å². The van der Waals surface area contributed by atoms with Crippen LogP contribution in [0, 0.1) is 0 Å². The van der Waals surface area contributed by atoms with E-state index in [2.05, 4.69) is 34.0 Å². The first-order valence-electron chi connectivity index (χ1n) is 7.66. The van der Waals surface area contributed by atoms with Crippen LogP contribution in [-0.4, -0.2) is 47.9 Å². The van der Waals surface area contributed by atoms with E-state index in [-0.39, 0.29) is 11.9 Å². The quantitative estimate of drug-likeness (QED) is 0.558. The highest BCUT2D eigenvalue weighted by Gasteiger charge is 2.11. The molecule has 23 heavy (non-hydrogen) atoms. The second kappa shape index (κ2) is 7.99. The summed E-state index contributed by atoms with van der Waals surface area (Å²) in [6, 6.07) is 7.17. The summed E-state index contributed by atoms with van der Waals surface area (Å²) in [5.74, 6) is -0.215. The summed E-state index contributed by atoms with van der Waals surface area (Å²) in [5.41, 5.74) is 6.97. The van der Waals surface area contributed by atoms with Crippen molar-refractivity contribution in [3.05, 3.63) is 35.0 Å². The van der Waals surface area contributed by atoms with Gasteiger partial charge in [0.25, 0.3) is 5.91 Å². The van der Waals surface area contributed by atoms with E-state index in [4.69, 9.17) is 17.3 Å². The Bertz CT molecular complexity index is 706. The Morgan fingerprint density at radius 1 is 1.39 bits per heavy atom. The molecule has 1 aromatic heterocycles. The topological polar surface area (TPSA) is 86.5 Å². The number of hydrogen-bond donors (Lipinski definition) is 3. The number of nitrogens with zero attached hydrogens (tertiary/aromatic N) is 2. The predicted molar refractivity (Wildman–Crippen MR) is 95.1 cm³/mol. The lowest BCUT2D eigenvalue weighted by molar-refractivity contribution is 0.0972. The minimum Gasteiger partial charge on any atom is -0.370 e. The highest BCUT2D eigenvalue weighted by molar-refractivity contribution is 6.35.